The number of aromatic hydroxyl groups is 1. The van der Waals surface area contributed by atoms with Crippen molar-refractivity contribution in [1.82, 2.24) is 0 Å². The van der Waals surface area contributed by atoms with Gasteiger partial charge in [0.25, 0.3) is 5.91 Å². The number of rotatable bonds is 3. The first kappa shape index (κ1) is 14.4. The molecule has 2 aromatic rings. The lowest BCUT2D eigenvalue weighted by Gasteiger charge is -2.06. The smallest absolute Gasteiger partial charge is 0.339 e. The van der Waals surface area contributed by atoms with Gasteiger partial charge in [0.15, 0.2) is 0 Å². The summed E-state index contributed by atoms with van der Waals surface area (Å²) in [7, 11) is 0. The number of thiophene rings is 1. The SMILES string of the molecule is Cc1csc(C(=O)Nc2ccc(C(=O)O)c(O)c2)c1Cl. The summed E-state index contributed by atoms with van der Waals surface area (Å²) < 4.78 is 0. The van der Waals surface area contributed by atoms with Gasteiger partial charge in [-0.25, -0.2) is 4.79 Å². The molecule has 0 spiro atoms. The van der Waals surface area contributed by atoms with Gasteiger partial charge in [-0.1, -0.05) is 11.6 Å². The van der Waals surface area contributed by atoms with E-state index in [1.54, 1.807) is 12.3 Å². The summed E-state index contributed by atoms with van der Waals surface area (Å²) in [5.41, 5.74) is 0.874. The summed E-state index contributed by atoms with van der Waals surface area (Å²) in [5, 5.41) is 23.0. The van der Waals surface area contributed by atoms with Gasteiger partial charge in [0.2, 0.25) is 0 Å². The van der Waals surface area contributed by atoms with Crippen LogP contribution in [0.25, 0.3) is 0 Å². The number of amides is 1. The van der Waals surface area contributed by atoms with E-state index in [0.717, 1.165) is 5.56 Å². The van der Waals surface area contributed by atoms with Crippen LogP contribution in [0, 0.1) is 6.92 Å². The average Bonchev–Trinajstić information content (AvgIpc) is 2.69. The number of carbonyl (C=O) groups excluding carboxylic acids is 1. The lowest BCUT2D eigenvalue weighted by atomic mass is 10.2. The summed E-state index contributed by atoms with van der Waals surface area (Å²) in [5.74, 6) is -2.06. The van der Waals surface area contributed by atoms with Crippen molar-refractivity contribution in [2.45, 2.75) is 6.92 Å². The van der Waals surface area contributed by atoms with E-state index in [0.29, 0.717) is 15.6 Å². The first-order valence-electron chi connectivity index (χ1n) is 5.51. The molecule has 0 unspecified atom stereocenters. The molecule has 0 bridgehead atoms. The third kappa shape index (κ3) is 2.76. The van der Waals surface area contributed by atoms with Gasteiger partial charge in [0, 0.05) is 11.8 Å². The van der Waals surface area contributed by atoms with Crippen molar-refractivity contribution in [3.8, 4) is 5.75 Å². The van der Waals surface area contributed by atoms with E-state index < -0.39 is 17.6 Å². The van der Waals surface area contributed by atoms with E-state index in [1.807, 2.05) is 0 Å². The molecule has 7 heteroatoms. The Labute approximate surface area is 123 Å². The summed E-state index contributed by atoms with van der Waals surface area (Å²) >= 11 is 7.21. The molecule has 0 fully saturated rings. The molecule has 104 valence electrons. The van der Waals surface area contributed by atoms with Crippen LogP contribution in [-0.4, -0.2) is 22.1 Å². The Morgan fingerprint density at radius 2 is 2.05 bits per heavy atom. The highest BCUT2D eigenvalue weighted by Crippen LogP contribution is 2.28. The van der Waals surface area contributed by atoms with Gasteiger partial charge in [-0.15, -0.1) is 11.3 Å². The second-order valence-electron chi connectivity index (χ2n) is 4.05. The lowest BCUT2D eigenvalue weighted by Crippen LogP contribution is -2.11. The average molecular weight is 312 g/mol. The maximum atomic E-state index is 12.0. The van der Waals surface area contributed by atoms with Crippen molar-refractivity contribution < 1.29 is 19.8 Å². The van der Waals surface area contributed by atoms with E-state index in [4.69, 9.17) is 16.7 Å². The van der Waals surface area contributed by atoms with Crippen molar-refractivity contribution >= 4 is 40.5 Å². The van der Waals surface area contributed by atoms with Gasteiger partial charge in [-0.3, -0.25) is 4.79 Å². The molecule has 1 aromatic carbocycles. The van der Waals surface area contributed by atoms with Crippen LogP contribution in [0.5, 0.6) is 5.75 Å². The van der Waals surface area contributed by atoms with Gasteiger partial charge in [0.05, 0.1) is 5.02 Å². The number of nitrogens with one attached hydrogen (secondary N) is 1. The number of anilines is 1. The third-order valence-corrected chi connectivity index (χ3v) is 4.29. The molecule has 0 aliphatic carbocycles. The molecular weight excluding hydrogens is 302 g/mol. The Morgan fingerprint density at radius 1 is 1.35 bits per heavy atom. The van der Waals surface area contributed by atoms with Gasteiger partial charge in [-0.05, 0) is 30.0 Å². The van der Waals surface area contributed by atoms with Gasteiger partial charge >= 0.3 is 5.97 Å². The van der Waals surface area contributed by atoms with Crippen LogP contribution in [0.2, 0.25) is 5.02 Å². The Hall–Kier alpha value is -2.05. The number of halogens is 1. The summed E-state index contributed by atoms with van der Waals surface area (Å²) in [4.78, 5) is 23.1. The molecule has 5 nitrogen and oxygen atoms in total. The van der Waals surface area contributed by atoms with E-state index in [1.165, 1.54) is 29.5 Å². The lowest BCUT2D eigenvalue weighted by molar-refractivity contribution is 0.0693. The molecule has 1 aromatic heterocycles. The van der Waals surface area contributed by atoms with Gasteiger partial charge in [-0.2, -0.15) is 0 Å². The highest BCUT2D eigenvalue weighted by molar-refractivity contribution is 7.13. The second-order valence-corrected chi connectivity index (χ2v) is 5.31. The number of aryl methyl sites for hydroxylation is 1. The molecule has 3 N–H and O–H groups in total. The van der Waals surface area contributed by atoms with E-state index in [-0.39, 0.29) is 5.56 Å². The molecule has 2 rings (SSSR count). The number of aromatic carboxylic acids is 1. The zero-order valence-electron chi connectivity index (χ0n) is 10.3. The van der Waals surface area contributed by atoms with E-state index in [9.17, 15) is 14.7 Å². The molecule has 0 saturated carbocycles. The van der Waals surface area contributed by atoms with Gasteiger partial charge in [0.1, 0.15) is 16.2 Å². The van der Waals surface area contributed by atoms with Crippen LogP contribution in [0.3, 0.4) is 0 Å². The second kappa shape index (κ2) is 5.52. The molecule has 0 aliphatic heterocycles. The normalized spacial score (nSPS) is 10.3. The van der Waals surface area contributed by atoms with Crippen LogP contribution in [0.15, 0.2) is 23.6 Å². The maximum Gasteiger partial charge on any atom is 0.339 e. The van der Waals surface area contributed by atoms with Crippen LogP contribution in [-0.2, 0) is 0 Å². The molecule has 1 amide bonds. The number of hydrogen-bond donors (Lipinski definition) is 3. The molecule has 0 atom stereocenters. The highest BCUT2D eigenvalue weighted by atomic mass is 35.5. The van der Waals surface area contributed by atoms with Crippen molar-refractivity contribution in [2.75, 3.05) is 5.32 Å². The van der Waals surface area contributed by atoms with Crippen molar-refractivity contribution in [3.63, 3.8) is 0 Å². The van der Waals surface area contributed by atoms with Crippen LogP contribution >= 0.6 is 22.9 Å². The number of carboxylic acids is 1. The molecule has 0 radical (unpaired) electrons. The number of hydrogen-bond acceptors (Lipinski definition) is 4. The highest BCUT2D eigenvalue weighted by Gasteiger charge is 2.16. The monoisotopic (exact) mass is 311 g/mol. The standard InChI is InChI=1S/C13H10ClNO4S/c1-6-5-20-11(10(6)14)12(17)15-7-2-3-8(13(18)19)9(16)4-7/h2-5,16H,1H3,(H,15,17)(H,18,19). The molecular formula is C13H10ClNO4S. The van der Waals surface area contributed by atoms with Crippen molar-refractivity contribution in [3.05, 3.63) is 44.6 Å². The van der Waals surface area contributed by atoms with Crippen molar-refractivity contribution in [2.24, 2.45) is 0 Å². The zero-order valence-corrected chi connectivity index (χ0v) is 11.9. The number of carboxylic acid groups (broad SMARTS) is 1. The van der Waals surface area contributed by atoms with Crippen LogP contribution in [0.4, 0.5) is 5.69 Å². The van der Waals surface area contributed by atoms with Gasteiger partial charge < -0.3 is 15.5 Å². The van der Waals surface area contributed by atoms with Crippen molar-refractivity contribution in [1.29, 1.82) is 0 Å². The fourth-order valence-electron chi connectivity index (χ4n) is 1.56. The van der Waals surface area contributed by atoms with E-state index in [2.05, 4.69) is 5.32 Å². The Balaban J connectivity index is 2.22. The quantitative estimate of drug-likeness (QED) is 0.811. The number of benzene rings is 1. The Kier molecular flexibility index (Phi) is 3.96. The number of carbonyl (C=O) groups is 2. The molecule has 0 saturated heterocycles. The molecule has 0 aliphatic rings. The summed E-state index contributed by atoms with van der Waals surface area (Å²) in [6, 6.07) is 3.79. The van der Waals surface area contributed by atoms with Crippen LogP contribution in [0.1, 0.15) is 25.6 Å². The third-order valence-electron chi connectivity index (χ3n) is 2.59. The number of phenols is 1. The zero-order chi connectivity index (χ0) is 14.9. The minimum atomic E-state index is -1.24. The maximum absolute atomic E-state index is 12.0. The fourth-order valence-corrected chi connectivity index (χ4v) is 2.73. The van der Waals surface area contributed by atoms with E-state index >= 15 is 0 Å². The predicted molar refractivity (Wildman–Crippen MR) is 77.1 cm³/mol. The summed E-state index contributed by atoms with van der Waals surface area (Å²) in [6.07, 6.45) is 0. The topological polar surface area (TPSA) is 86.6 Å². The first-order valence-corrected chi connectivity index (χ1v) is 6.77. The first-order chi connectivity index (χ1) is 9.40. The van der Waals surface area contributed by atoms with Crippen LogP contribution < -0.4 is 5.32 Å². The predicted octanol–water partition coefficient (Wildman–Crippen LogP) is 3.37. The summed E-state index contributed by atoms with van der Waals surface area (Å²) in [6.45, 7) is 1.79. The largest absolute Gasteiger partial charge is 0.507 e. The minimum absolute atomic E-state index is 0.229. The Morgan fingerprint density at radius 3 is 2.55 bits per heavy atom. The molecule has 1 heterocycles. The minimum Gasteiger partial charge on any atom is -0.507 e. The molecule has 20 heavy (non-hydrogen) atoms. The fraction of sp³-hybridized carbons (Fsp3) is 0.0769. The Bertz CT molecular complexity index is 696.